The zero-order valence-corrected chi connectivity index (χ0v) is 15.4. The standard InChI is InChI=1S/C17H26O11/c1-17(24)9(19)3-6-7(14(23)25-2)5-26-15(10(6)17)28-16-13(22)12(21)11(20)8(4-18)27-16/h5-6,8-13,15-16,18-22,24H,3-4H2,1-2H3/t6?,8?,9?,10?,11?,12?,13?,15?,16?,17-/m0/s1. The summed E-state index contributed by atoms with van der Waals surface area (Å²) in [6, 6.07) is 0. The van der Waals surface area contributed by atoms with Gasteiger partial charge in [-0.15, -0.1) is 0 Å². The van der Waals surface area contributed by atoms with E-state index in [0.717, 1.165) is 6.26 Å². The van der Waals surface area contributed by atoms with E-state index in [1.807, 2.05) is 0 Å². The van der Waals surface area contributed by atoms with E-state index in [1.165, 1.54) is 14.0 Å². The molecular formula is C17H26O11. The van der Waals surface area contributed by atoms with Crippen LogP contribution >= 0.6 is 0 Å². The Morgan fingerprint density at radius 3 is 2.50 bits per heavy atom. The Morgan fingerprint density at radius 2 is 1.89 bits per heavy atom. The number of aliphatic hydroxyl groups excluding tert-OH is 5. The molecule has 11 nitrogen and oxygen atoms in total. The number of fused-ring (bicyclic) bond motifs is 1. The number of carbonyl (C=O) groups is 1. The highest BCUT2D eigenvalue weighted by molar-refractivity contribution is 5.89. The van der Waals surface area contributed by atoms with Gasteiger partial charge < -0.3 is 49.6 Å². The summed E-state index contributed by atoms with van der Waals surface area (Å²) < 4.78 is 21.1. The van der Waals surface area contributed by atoms with Crippen molar-refractivity contribution in [2.45, 2.75) is 62.0 Å². The van der Waals surface area contributed by atoms with Crippen molar-refractivity contribution in [3.05, 3.63) is 11.8 Å². The second-order valence-electron chi connectivity index (χ2n) is 7.51. The highest BCUT2D eigenvalue weighted by Gasteiger charge is 2.60. The van der Waals surface area contributed by atoms with Gasteiger partial charge in [0, 0.05) is 5.92 Å². The van der Waals surface area contributed by atoms with Gasteiger partial charge in [-0.05, 0) is 13.3 Å². The predicted molar refractivity (Wildman–Crippen MR) is 88.1 cm³/mol. The summed E-state index contributed by atoms with van der Waals surface area (Å²) in [5, 5.41) is 60.2. The van der Waals surface area contributed by atoms with Crippen LogP contribution in [0, 0.1) is 11.8 Å². The minimum Gasteiger partial charge on any atom is -0.471 e. The molecule has 0 bridgehead atoms. The summed E-state index contributed by atoms with van der Waals surface area (Å²) in [6.45, 7) is 0.737. The Kier molecular flexibility index (Phi) is 5.99. The average molecular weight is 406 g/mol. The highest BCUT2D eigenvalue weighted by Crippen LogP contribution is 2.49. The van der Waals surface area contributed by atoms with Crippen LogP contribution in [0.5, 0.6) is 0 Å². The Labute approximate surface area is 160 Å². The van der Waals surface area contributed by atoms with Gasteiger partial charge in [0.2, 0.25) is 6.29 Å². The SMILES string of the molecule is COC(=O)C1=COC(OC2OC(CO)C(O)C(O)C2O)C2C1CC(O)[C@]2(C)O. The maximum atomic E-state index is 12.0. The van der Waals surface area contributed by atoms with Gasteiger partial charge >= 0.3 is 5.97 Å². The van der Waals surface area contributed by atoms with Gasteiger partial charge in [-0.1, -0.05) is 0 Å². The smallest absolute Gasteiger partial charge is 0.337 e. The summed E-state index contributed by atoms with van der Waals surface area (Å²) in [5.41, 5.74) is -1.57. The van der Waals surface area contributed by atoms with E-state index < -0.39 is 73.1 Å². The van der Waals surface area contributed by atoms with Gasteiger partial charge in [-0.25, -0.2) is 4.79 Å². The molecule has 160 valence electrons. The van der Waals surface area contributed by atoms with E-state index in [2.05, 4.69) is 0 Å². The fourth-order valence-electron chi connectivity index (χ4n) is 4.10. The first-order chi connectivity index (χ1) is 13.1. The molecular weight excluding hydrogens is 380 g/mol. The zero-order chi connectivity index (χ0) is 20.8. The number of aliphatic hydroxyl groups is 6. The first-order valence-corrected chi connectivity index (χ1v) is 8.93. The van der Waals surface area contributed by atoms with Gasteiger partial charge in [0.1, 0.15) is 24.4 Å². The molecule has 1 aliphatic carbocycles. The fourth-order valence-corrected chi connectivity index (χ4v) is 4.10. The summed E-state index contributed by atoms with van der Waals surface area (Å²) in [5.74, 6) is -2.25. The van der Waals surface area contributed by atoms with E-state index in [0.29, 0.717) is 0 Å². The van der Waals surface area contributed by atoms with Crippen molar-refractivity contribution < 1.29 is 54.4 Å². The largest absolute Gasteiger partial charge is 0.471 e. The fraction of sp³-hybridized carbons (Fsp3) is 0.824. The second kappa shape index (κ2) is 7.84. The molecule has 0 aromatic carbocycles. The monoisotopic (exact) mass is 406 g/mol. The molecule has 2 heterocycles. The van der Waals surface area contributed by atoms with Gasteiger partial charge in [-0.2, -0.15) is 0 Å². The predicted octanol–water partition coefficient (Wildman–Crippen LogP) is -3.04. The normalized spacial score (nSPS) is 48.4. The Balaban J connectivity index is 1.85. The molecule has 1 saturated carbocycles. The molecule has 2 fully saturated rings. The third-order valence-electron chi connectivity index (χ3n) is 5.82. The highest BCUT2D eigenvalue weighted by atomic mass is 16.8. The number of hydrogen-bond donors (Lipinski definition) is 6. The number of methoxy groups -OCH3 is 1. The molecule has 0 amide bonds. The molecule has 0 spiro atoms. The van der Waals surface area contributed by atoms with E-state index in [1.54, 1.807) is 0 Å². The molecule has 1 saturated heterocycles. The van der Waals surface area contributed by atoms with Gasteiger partial charge in [0.05, 0.1) is 43.2 Å². The van der Waals surface area contributed by atoms with Crippen LogP contribution in [0.15, 0.2) is 11.8 Å². The molecule has 9 unspecified atom stereocenters. The van der Waals surface area contributed by atoms with Crippen molar-refractivity contribution in [2.75, 3.05) is 13.7 Å². The third-order valence-corrected chi connectivity index (χ3v) is 5.82. The molecule has 3 rings (SSSR count). The van der Waals surface area contributed by atoms with Crippen LogP contribution in [-0.4, -0.2) is 99.0 Å². The van der Waals surface area contributed by atoms with Crippen LogP contribution < -0.4 is 0 Å². The molecule has 2 aliphatic heterocycles. The lowest BCUT2D eigenvalue weighted by Gasteiger charge is -2.44. The summed E-state index contributed by atoms with van der Waals surface area (Å²) >= 11 is 0. The molecule has 0 aromatic heterocycles. The van der Waals surface area contributed by atoms with Gasteiger partial charge in [-0.3, -0.25) is 0 Å². The first-order valence-electron chi connectivity index (χ1n) is 8.93. The molecule has 28 heavy (non-hydrogen) atoms. The minimum atomic E-state index is -1.70. The van der Waals surface area contributed by atoms with Crippen molar-refractivity contribution in [2.24, 2.45) is 11.8 Å². The Morgan fingerprint density at radius 1 is 1.21 bits per heavy atom. The van der Waals surface area contributed by atoms with Crippen LogP contribution in [0.25, 0.3) is 0 Å². The molecule has 11 heteroatoms. The molecule has 6 N–H and O–H groups in total. The summed E-state index contributed by atoms with van der Waals surface area (Å²) in [7, 11) is 1.19. The first kappa shape index (κ1) is 21.4. The van der Waals surface area contributed by atoms with Gasteiger partial charge in [0.25, 0.3) is 0 Å². The van der Waals surface area contributed by atoms with Crippen molar-refractivity contribution in [1.82, 2.24) is 0 Å². The number of rotatable bonds is 4. The number of esters is 1. The van der Waals surface area contributed by atoms with Crippen LogP contribution in [-0.2, 0) is 23.7 Å². The van der Waals surface area contributed by atoms with E-state index in [9.17, 15) is 35.4 Å². The van der Waals surface area contributed by atoms with E-state index in [4.69, 9.17) is 18.9 Å². The quantitative estimate of drug-likeness (QED) is 0.262. The number of ether oxygens (including phenoxy) is 4. The van der Waals surface area contributed by atoms with Crippen LogP contribution in [0.3, 0.4) is 0 Å². The zero-order valence-electron chi connectivity index (χ0n) is 15.4. The van der Waals surface area contributed by atoms with Crippen molar-refractivity contribution >= 4 is 5.97 Å². The molecule has 3 aliphatic rings. The van der Waals surface area contributed by atoms with Crippen molar-refractivity contribution in [1.29, 1.82) is 0 Å². The molecule has 10 atom stereocenters. The lowest BCUT2D eigenvalue weighted by atomic mass is 9.81. The number of carbonyl (C=O) groups excluding carboxylic acids is 1. The van der Waals surface area contributed by atoms with E-state index >= 15 is 0 Å². The lowest BCUT2D eigenvalue weighted by molar-refractivity contribution is -0.347. The molecule has 0 radical (unpaired) electrons. The second-order valence-corrected chi connectivity index (χ2v) is 7.51. The van der Waals surface area contributed by atoms with Crippen LogP contribution in [0.1, 0.15) is 13.3 Å². The maximum Gasteiger partial charge on any atom is 0.337 e. The third kappa shape index (κ3) is 3.42. The minimum absolute atomic E-state index is 0.0521. The lowest BCUT2D eigenvalue weighted by Crippen LogP contribution is -2.61. The molecule has 0 aromatic rings. The topological polar surface area (TPSA) is 175 Å². The Hall–Kier alpha value is -1.31. The maximum absolute atomic E-state index is 12.0. The van der Waals surface area contributed by atoms with E-state index in [-0.39, 0.29) is 12.0 Å². The average Bonchev–Trinajstić information content (AvgIpc) is 2.91. The summed E-state index contributed by atoms with van der Waals surface area (Å²) in [4.78, 5) is 12.0. The number of hydrogen-bond acceptors (Lipinski definition) is 11. The van der Waals surface area contributed by atoms with Crippen molar-refractivity contribution in [3.8, 4) is 0 Å². The Bertz CT molecular complexity index is 618. The van der Waals surface area contributed by atoms with Gasteiger partial charge in [0.15, 0.2) is 6.29 Å². The van der Waals surface area contributed by atoms with Crippen LogP contribution in [0.4, 0.5) is 0 Å². The van der Waals surface area contributed by atoms with Crippen LogP contribution in [0.2, 0.25) is 0 Å². The summed E-state index contributed by atoms with van der Waals surface area (Å²) in [6.07, 6.45) is -8.83. The van der Waals surface area contributed by atoms with Crippen molar-refractivity contribution in [3.63, 3.8) is 0 Å².